The van der Waals surface area contributed by atoms with Gasteiger partial charge in [-0.15, -0.1) is 0 Å². The number of methoxy groups -OCH3 is 1. The van der Waals surface area contributed by atoms with Crippen LogP contribution in [0.25, 0.3) is 0 Å². The van der Waals surface area contributed by atoms with E-state index in [1.807, 2.05) is 13.0 Å². The standard InChI is InChI=1S/C12H16O3/c1-7-6-9(15-3)8(2)11(13)10(7)12(14)4-5-12/h6,13-14H,4-5H2,1-3H3. The second kappa shape index (κ2) is 3.14. The van der Waals surface area contributed by atoms with Gasteiger partial charge in [-0.1, -0.05) is 0 Å². The molecule has 0 aromatic heterocycles. The van der Waals surface area contributed by atoms with Crippen molar-refractivity contribution >= 4 is 0 Å². The SMILES string of the molecule is COc1cc(C)c(C2(O)CC2)c(O)c1C. The Bertz CT molecular complexity index is 406. The number of rotatable bonds is 2. The van der Waals surface area contributed by atoms with E-state index in [9.17, 15) is 10.2 Å². The molecule has 1 fully saturated rings. The number of aryl methyl sites for hydroxylation is 1. The fraction of sp³-hybridized carbons (Fsp3) is 0.500. The molecule has 0 atom stereocenters. The first-order valence-corrected chi connectivity index (χ1v) is 5.09. The molecule has 2 rings (SSSR count). The molecule has 0 bridgehead atoms. The van der Waals surface area contributed by atoms with Crippen molar-refractivity contribution in [3.63, 3.8) is 0 Å². The molecule has 1 aromatic rings. The van der Waals surface area contributed by atoms with Crippen LogP contribution in [0, 0.1) is 13.8 Å². The molecule has 0 aliphatic heterocycles. The molecule has 1 aromatic carbocycles. The molecule has 0 amide bonds. The maximum atomic E-state index is 10.0. The number of benzene rings is 1. The van der Waals surface area contributed by atoms with Crippen LogP contribution in [0.1, 0.15) is 29.5 Å². The summed E-state index contributed by atoms with van der Waals surface area (Å²) in [4.78, 5) is 0. The summed E-state index contributed by atoms with van der Waals surface area (Å²) in [7, 11) is 1.58. The number of phenols is 1. The maximum Gasteiger partial charge on any atom is 0.128 e. The van der Waals surface area contributed by atoms with E-state index in [-0.39, 0.29) is 5.75 Å². The Morgan fingerprint density at radius 2 is 1.93 bits per heavy atom. The summed E-state index contributed by atoms with van der Waals surface area (Å²) in [6.45, 7) is 3.68. The van der Waals surface area contributed by atoms with Crippen LogP contribution in [0.5, 0.6) is 11.5 Å². The van der Waals surface area contributed by atoms with E-state index < -0.39 is 5.60 Å². The fourth-order valence-electron chi connectivity index (χ4n) is 2.04. The number of phenolic OH excluding ortho intramolecular Hbond substituents is 1. The number of ether oxygens (including phenoxy) is 1. The first-order valence-electron chi connectivity index (χ1n) is 5.09. The van der Waals surface area contributed by atoms with Crippen molar-refractivity contribution < 1.29 is 14.9 Å². The summed E-state index contributed by atoms with van der Waals surface area (Å²) in [5.41, 5.74) is 1.44. The lowest BCUT2D eigenvalue weighted by atomic mass is 9.97. The molecule has 0 saturated heterocycles. The Kier molecular flexibility index (Phi) is 2.15. The molecule has 82 valence electrons. The smallest absolute Gasteiger partial charge is 0.128 e. The summed E-state index contributed by atoms with van der Waals surface area (Å²) in [6, 6.07) is 1.86. The molecule has 3 heteroatoms. The van der Waals surface area contributed by atoms with Crippen molar-refractivity contribution in [3.8, 4) is 11.5 Å². The highest BCUT2D eigenvalue weighted by Gasteiger charge is 2.45. The molecular weight excluding hydrogens is 192 g/mol. The third-order valence-electron chi connectivity index (χ3n) is 3.11. The second-order valence-electron chi connectivity index (χ2n) is 4.28. The molecule has 0 spiro atoms. The average molecular weight is 208 g/mol. The Hall–Kier alpha value is -1.22. The van der Waals surface area contributed by atoms with Crippen LogP contribution in [0.4, 0.5) is 0 Å². The number of hydrogen-bond donors (Lipinski definition) is 2. The summed E-state index contributed by atoms with van der Waals surface area (Å²) >= 11 is 0. The van der Waals surface area contributed by atoms with E-state index in [0.717, 1.165) is 18.4 Å². The predicted octanol–water partition coefficient (Wildman–Crippen LogP) is 2.00. The molecule has 15 heavy (non-hydrogen) atoms. The first kappa shape index (κ1) is 10.3. The maximum absolute atomic E-state index is 10.0. The highest BCUT2D eigenvalue weighted by molar-refractivity contribution is 5.55. The van der Waals surface area contributed by atoms with Gasteiger partial charge in [-0.25, -0.2) is 0 Å². The van der Waals surface area contributed by atoms with Crippen molar-refractivity contribution in [3.05, 3.63) is 22.8 Å². The van der Waals surface area contributed by atoms with Crippen molar-refractivity contribution in [1.82, 2.24) is 0 Å². The molecule has 3 nitrogen and oxygen atoms in total. The Morgan fingerprint density at radius 1 is 1.33 bits per heavy atom. The van der Waals surface area contributed by atoms with Crippen LogP contribution in [0.2, 0.25) is 0 Å². The lowest BCUT2D eigenvalue weighted by Crippen LogP contribution is -2.08. The lowest BCUT2D eigenvalue weighted by molar-refractivity contribution is 0.146. The zero-order valence-electron chi connectivity index (χ0n) is 9.29. The topological polar surface area (TPSA) is 49.7 Å². The van der Waals surface area contributed by atoms with E-state index in [2.05, 4.69) is 0 Å². The molecule has 2 N–H and O–H groups in total. The van der Waals surface area contributed by atoms with Crippen molar-refractivity contribution in [2.75, 3.05) is 7.11 Å². The van der Waals surface area contributed by atoms with Crippen LogP contribution >= 0.6 is 0 Å². The predicted molar refractivity (Wildman–Crippen MR) is 57.3 cm³/mol. The first-order chi connectivity index (χ1) is 6.99. The number of aliphatic hydroxyl groups is 1. The van der Waals surface area contributed by atoms with Gasteiger partial charge in [0.05, 0.1) is 12.7 Å². The molecule has 0 heterocycles. The summed E-state index contributed by atoms with van der Waals surface area (Å²) in [5, 5.41) is 20.1. The molecule has 0 radical (unpaired) electrons. The van der Waals surface area contributed by atoms with Crippen LogP contribution < -0.4 is 4.74 Å². The Morgan fingerprint density at radius 3 is 2.40 bits per heavy atom. The van der Waals surface area contributed by atoms with Crippen molar-refractivity contribution in [2.24, 2.45) is 0 Å². The minimum Gasteiger partial charge on any atom is -0.507 e. The van der Waals surface area contributed by atoms with Gasteiger partial charge in [-0.2, -0.15) is 0 Å². The van der Waals surface area contributed by atoms with Gasteiger partial charge in [-0.3, -0.25) is 0 Å². The van der Waals surface area contributed by atoms with Gasteiger partial charge < -0.3 is 14.9 Å². The largest absolute Gasteiger partial charge is 0.507 e. The van der Waals surface area contributed by atoms with Gasteiger partial charge >= 0.3 is 0 Å². The van der Waals surface area contributed by atoms with E-state index >= 15 is 0 Å². The molecule has 1 aliphatic carbocycles. The Labute approximate surface area is 89.3 Å². The summed E-state index contributed by atoms with van der Waals surface area (Å²) in [5.74, 6) is 0.838. The fourth-order valence-corrected chi connectivity index (χ4v) is 2.04. The van der Waals surface area contributed by atoms with Gasteiger partial charge in [0.2, 0.25) is 0 Å². The van der Waals surface area contributed by atoms with Crippen molar-refractivity contribution in [1.29, 1.82) is 0 Å². The average Bonchev–Trinajstić information content (AvgIpc) is 2.91. The zero-order chi connectivity index (χ0) is 11.2. The van der Waals surface area contributed by atoms with Gasteiger partial charge in [0.1, 0.15) is 11.5 Å². The van der Waals surface area contributed by atoms with Gasteiger partial charge in [0.15, 0.2) is 0 Å². The summed E-state index contributed by atoms with van der Waals surface area (Å²) in [6.07, 6.45) is 1.46. The van der Waals surface area contributed by atoms with E-state index in [1.54, 1.807) is 14.0 Å². The minimum absolute atomic E-state index is 0.173. The van der Waals surface area contributed by atoms with Crippen molar-refractivity contribution in [2.45, 2.75) is 32.3 Å². The van der Waals surface area contributed by atoms with Crippen LogP contribution in [0.3, 0.4) is 0 Å². The Balaban J connectivity index is 2.61. The molecular formula is C12H16O3. The van der Waals surface area contributed by atoms with E-state index in [0.29, 0.717) is 16.9 Å². The second-order valence-corrected chi connectivity index (χ2v) is 4.28. The molecule has 1 saturated carbocycles. The zero-order valence-corrected chi connectivity index (χ0v) is 9.29. The minimum atomic E-state index is -0.800. The van der Waals surface area contributed by atoms with Gasteiger partial charge in [0.25, 0.3) is 0 Å². The van der Waals surface area contributed by atoms with Gasteiger partial charge in [-0.05, 0) is 38.3 Å². The highest BCUT2D eigenvalue weighted by Crippen LogP contribution is 2.51. The van der Waals surface area contributed by atoms with E-state index in [4.69, 9.17) is 4.74 Å². The third-order valence-corrected chi connectivity index (χ3v) is 3.11. The molecule has 1 aliphatic rings. The monoisotopic (exact) mass is 208 g/mol. The number of hydrogen-bond acceptors (Lipinski definition) is 3. The normalized spacial score (nSPS) is 17.6. The quantitative estimate of drug-likeness (QED) is 0.781. The van der Waals surface area contributed by atoms with Crippen LogP contribution in [-0.4, -0.2) is 17.3 Å². The lowest BCUT2D eigenvalue weighted by Gasteiger charge is -2.17. The number of aromatic hydroxyl groups is 1. The van der Waals surface area contributed by atoms with Crippen LogP contribution in [0.15, 0.2) is 6.07 Å². The van der Waals surface area contributed by atoms with Crippen LogP contribution in [-0.2, 0) is 5.60 Å². The molecule has 0 unspecified atom stereocenters. The van der Waals surface area contributed by atoms with E-state index in [1.165, 1.54) is 0 Å². The summed E-state index contributed by atoms with van der Waals surface area (Å²) < 4.78 is 5.15. The highest BCUT2D eigenvalue weighted by atomic mass is 16.5. The third kappa shape index (κ3) is 1.47. The van der Waals surface area contributed by atoms with Gasteiger partial charge in [0, 0.05) is 11.1 Å².